The van der Waals surface area contributed by atoms with Gasteiger partial charge in [0.1, 0.15) is 0 Å². The number of nitrogens with zero attached hydrogens (tertiary/aromatic N) is 7. The molecule has 2 aliphatic heterocycles. The molecule has 20 heteroatoms. The van der Waals surface area contributed by atoms with Crippen molar-refractivity contribution >= 4 is 29.5 Å². The van der Waals surface area contributed by atoms with Gasteiger partial charge in [0.15, 0.2) is 0 Å². The molecule has 1 N–H and O–H groups in total. The van der Waals surface area contributed by atoms with Crippen molar-refractivity contribution in [1.82, 2.24) is 25.1 Å². The number of hydrogen-bond donors (Lipinski definition) is 1. The van der Waals surface area contributed by atoms with Gasteiger partial charge in [-0.15, -0.1) is 5.10 Å². The van der Waals surface area contributed by atoms with Crippen LogP contribution in [0, 0.1) is 6.92 Å². The molecule has 1 unspecified atom stereocenters. The summed E-state index contributed by atoms with van der Waals surface area (Å²) in [5.74, 6) is -1.58. The van der Waals surface area contributed by atoms with E-state index in [1.807, 2.05) is 0 Å². The number of aryl methyl sites for hydroxylation is 1. The molecular weight excluding hydrogens is 729 g/mol. The molecule has 3 amide bonds. The highest BCUT2D eigenvalue weighted by Gasteiger charge is 2.40. The number of aromatic nitrogens is 4. The summed E-state index contributed by atoms with van der Waals surface area (Å²) in [5, 5.41) is 22.0. The van der Waals surface area contributed by atoms with E-state index in [0.717, 1.165) is 27.6 Å². The quantitative estimate of drug-likeness (QED) is 0.153. The van der Waals surface area contributed by atoms with Crippen molar-refractivity contribution in [3.05, 3.63) is 99.1 Å². The Bertz CT molecular complexity index is 2030. The molecule has 0 aliphatic carbocycles. The number of benzene rings is 3. The first kappa shape index (κ1) is 37.1. The Morgan fingerprint density at radius 1 is 0.868 bits per heavy atom. The molecule has 280 valence electrons. The van der Waals surface area contributed by atoms with Gasteiger partial charge in [0.2, 0.25) is 0 Å². The van der Waals surface area contributed by atoms with Crippen LogP contribution in [0.25, 0.3) is 0 Å². The summed E-state index contributed by atoms with van der Waals surface area (Å²) in [6.45, 7) is -0.458. The number of carboxylic acid groups (broad SMARTS) is 1. The van der Waals surface area contributed by atoms with Gasteiger partial charge in [-0.25, -0.2) is 4.79 Å². The van der Waals surface area contributed by atoms with Crippen LogP contribution in [0.5, 0.6) is 0 Å². The van der Waals surface area contributed by atoms with E-state index < -0.39 is 82.9 Å². The minimum atomic E-state index is -5.20. The average molecular weight is 756 g/mol. The lowest BCUT2D eigenvalue weighted by molar-refractivity contribution is -0.143. The fraction of sp³-hybridized carbons (Fsp3) is 0.333. The molecule has 53 heavy (non-hydrogen) atoms. The molecule has 0 saturated carbocycles. The van der Waals surface area contributed by atoms with Crippen LogP contribution in [0.2, 0.25) is 0 Å². The van der Waals surface area contributed by atoms with Gasteiger partial charge in [-0.1, -0.05) is 23.3 Å². The van der Waals surface area contributed by atoms with Gasteiger partial charge in [-0.2, -0.15) is 44.3 Å². The number of anilines is 2. The summed E-state index contributed by atoms with van der Waals surface area (Å²) in [4.78, 5) is 41.6. The van der Waals surface area contributed by atoms with Gasteiger partial charge in [-0.05, 0) is 78.1 Å². The van der Waals surface area contributed by atoms with Crippen LogP contribution >= 0.6 is 0 Å². The van der Waals surface area contributed by atoms with Crippen molar-refractivity contribution in [1.29, 1.82) is 0 Å². The van der Waals surface area contributed by atoms with Crippen LogP contribution in [-0.2, 0) is 31.6 Å². The van der Waals surface area contributed by atoms with Crippen molar-refractivity contribution in [2.45, 2.75) is 57.4 Å². The Hall–Kier alpha value is -5.69. The van der Waals surface area contributed by atoms with Gasteiger partial charge in [0.25, 0.3) is 17.8 Å². The highest BCUT2D eigenvalue weighted by Crippen LogP contribution is 2.44. The molecule has 4 aromatic rings. The number of alkyl halides is 9. The third kappa shape index (κ3) is 7.34. The summed E-state index contributed by atoms with van der Waals surface area (Å²) < 4.78 is 125. The minimum absolute atomic E-state index is 0.00713. The maximum absolute atomic E-state index is 14.0. The van der Waals surface area contributed by atoms with E-state index in [-0.39, 0.29) is 60.8 Å². The summed E-state index contributed by atoms with van der Waals surface area (Å²) >= 11 is 0. The first-order valence-corrected chi connectivity index (χ1v) is 15.7. The van der Waals surface area contributed by atoms with E-state index >= 15 is 0 Å². The zero-order valence-corrected chi connectivity index (χ0v) is 27.2. The summed E-state index contributed by atoms with van der Waals surface area (Å²) in [6, 6.07) is 7.47. The van der Waals surface area contributed by atoms with Crippen LogP contribution in [0.4, 0.5) is 55.9 Å². The number of halogens is 9. The monoisotopic (exact) mass is 755 g/mol. The zero-order valence-electron chi connectivity index (χ0n) is 27.2. The Morgan fingerprint density at radius 2 is 1.47 bits per heavy atom. The molecule has 2 aliphatic rings. The second-order valence-corrected chi connectivity index (χ2v) is 12.4. The maximum Gasteiger partial charge on any atom is 0.416 e. The molecular formula is C33H26F9N7O4. The molecule has 0 fully saturated rings. The lowest BCUT2D eigenvalue weighted by Crippen LogP contribution is -2.33. The Kier molecular flexibility index (Phi) is 9.36. The number of amides is 3. The number of fused-ring (bicyclic) bond motifs is 2. The molecule has 0 saturated heterocycles. The Balaban J connectivity index is 1.44. The van der Waals surface area contributed by atoms with Gasteiger partial charge < -0.3 is 10.0 Å². The number of rotatable bonds is 7. The second-order valence-electron chi connectivity index (χ2n) is 12.4. The lowest BCUT2D eigenvalue weighted by atomic mass is 9.94. The van der Waals surface area contributed by atoms with E-state index in [1.54, 1.807) is 12.1 Å². The standard InChI is InChI=1S/C33H26F9N7O4/c1-17-11-23-25(7-4-8-46(30(52)53)26(23)15-24(17)33(40,41)42)48(16-18-12-19(31(34,35)36)14-20(13-18)32(37,38)39)29-43-45-49(44-29)10-9-47-27(50)21-5-2-3-6-22(21)28(47)51/h2-3,5-6,11-15,25H,4,7-10,16H2,1H3,(H,52,53). The lowest BCUT2D eigenvalue weighted by Gasteiger charge is -2.32. The topological polar surface area (TPSA) is 125 Å². The Morgan fingerprint density at radius 3 is 2.02 bits per heavy atom. The van der Waals surface area contributed by atoms with E-state index in [1.165, 1.54) is 12.1 Å². The van der Waals surface area contributed by atoms with Crippen LogP contribution in [-0.4, -0.2) is 61.2 Å². The molecule has 11 nitrogen and oxygen atoms in total. The van der Waals surface area contributed by atoms with Gasteiger partial charge >= 0.3 is 24.6 Å². The molecule has 0 radical (unpaired) electrons. The third-order valence-corrected chi connectivity index (χ3v) is 8.90. The molecule has 0 bridgehead atoms. The van der Waals surface area contributed by atoms with Crippen LogP contribution < -0.4 is 9.80 Å². The number of imide groups is 1. The fourth-order valence-electron chi connectivity index (χ4n) is 6.47. The predicted octanol–water partition coefficient (Wildman–Crippen LogP) is 7.36. The maximum atomic E-state index is 14.0. The van der Waals surface area contributed by atoms with E-state index in [4.69, 9.17) is 0 Å². The third-order valence-electron chi connectivity index (χ3n) is 8.90. The van der Waals surface area contributed by atoms with Crippen LogP contribution in [0.15, 0.2) is 54.6 Å². The van der Waals surface area contributed by atoms with Crippen molar-refractivity contribution in [2.75, 3.05) is 22.9 Å². The Labute approximate surface area is 293 Å². The molecule has 3 heterocycles. The van der Waals surface area contributed by atoms with Gasteiger partial charge in [0.05, 0.1) is 52.6 Å². The van der Waals surface area contributed by atoms with E-state index in [9.17, 15) is 59.0 Å². The first-order valence-electron chi connectivity index (χ1n) is 15.7. The van der Waals surface area contributed by atoms with E-state index in [2.05, 4.69) is 15.4 Å². The summed E-state index contributed by atoms with van der Waals surface area (Å²) in [5.41, 5.74) is -5.36. The number of carbonyl (C=O) groups excluding carboxylic acids is 2. The number of carbonyl (C=O) groups is 3. The molecule has 1 atom stereocenters. The van der Waals surface area contributed by atoms with Crippen molar-refractivity contribution in [2.24, 2.45) is 0 Å². The van der Waals surface area contributed by atoms with Crippen LogP contribution in [0.1, 0.15) is 73.0 Å². The molecule has 1 aromatic heterocycles. The predicted molar refractivity (Wildman–Crippen MR) is 166 cm³/mol. The van der Waals surface area contributed by atoms with E-state index in [0.29, 0.717) is 23.1 Å². The smallest absolute Gasteiger partial charge is 0.416 e. The first-order chi connectivity index (χ1) is 24.7. The molecule has 0 spiro atoms. The highest BCUT2D eigenvalue weighted by atomic mass is 19.4. The second kappa shape index (κ2) is 13.4. The minimum Gasteiger partial charge on any atom is -0.465 e. The SMILES string of the molecule is Cc1cc2c(cc1C(F)(F)F)N(C(=O)O)CCCC2N(Cc1cc(C(F)(F)F)cc(C(F)(F)F)c1)c1nnn(CCN2C(=O)c3ccccc3C2=O)n1. The number of hydrogen-bond acceptors (Lipinski definition) is 7. The van der Waals surface area contributed by atoms with Crippen LogP contribution in [0.3, 0.4) is 0 Å². The van der Waals surface area contributed by atoms with Gasteiger partial charge in [0, 0.05) is 13.1 Å². The van der Waals surface area contributed by atoms with Gasteiger partial charge in [-0.3, -0.25) is 19.4 Å². The zero-order chi connectivity index (χ0) is 38.6. The summed E-state index contributed by atoms with van der Waals surface area (Å²) in [7, 11) is 0. The van der Waals surface area contributed by atoms with Crippen molar-refractivity contribution in [3.63, 3.8) is 0 Å². The average Bonchev–Trinajstić information content (AvgIpc) is 3.57. The summed E-state index contributed by atoms with van der Waals surface area (Å²) in [6.07, 6.45) is -17.0. The normalized spacial score (nSPS) is 16.5. The molecule has 6 rings (SSSR count). The highest BCUT2D eigenvalue weighted by molar-refractivity contribution is 6.21. The fourth-order valence-corrected chi connectivity index (χ4v) is 6.47. The largest absolute Gasteiger partial charge is 0.465 e. The molecule has 3 aromatic carbocycles. The number of tetrazole rings is 1. The van der Waals surface area contributed by atoms with Crippen molar-refractivity contribution < 1.29 is 59.0 Å². The van der Waals surface area contributed by atoms with Crippen molar-refractivity contribution in [3.8, 4) is 0 Å².